The number of nitrogens with zero attached hydrogens (tertiary/aromatic N) is 1. The van der Waals surface area contributed by atoms with E-state index >= 15 is 0 Å². The molecule has 0 aliphatic carbocycles. The normalized spacial score (nSPS) is 14.9. The molecule has 3 nitrogen and oxygen atoms in total. The van der Waals surface area contributed by atoms with Gasteiger partial charge < -0.3 is 0 Å². The summed E-state index contributed by atoms with van der Waals surface area (Å²) in [6.45, 7) is 0. The molecule has 0 bridgehead atoms. The summed E-state index contributed by atoms with van der Waals surface area (Å²) in [5.74, 6) is 0.0162. The molecule has 1 N–H and O–H groups in total. The fourth-order valence-electron chi connectivity index (χ4n) is 0.434. The van der Waals surface area contributed by atoms with E-state index in [4.69, 9.17) is 0 Å². The lowest BCUT2D eigenvalue weighted by molar-refractivity contribution is -0.121. The Morgan fingerprint density at radius 1 is 1.56 bits per heavy atom. The van der Waals surface area contributed by atoms with Gasteiger partial charge in [-0.25, -0.2) is 5.43 Å². The predicted octanol–water partition coefficient (Wildman–Crippen LogP) is 0.726. The number of hydrazone groups is 1. The Hall–Kier alpha value is -0.280. The van der Waals surface area contributed by atoms with E-state index in [-0.39, 0.29) is 30.7 Å². The van der Waals surface area contributed by atoms with Gasteiger partial charge in [-0.3, -0.25) is 4.79 Å². The molecule has 0 fully saturated rings. The molecule has 1 rings (SSSR count). The second-order valence-electron chi connectivity index (χ2n) is 1.39. The minimum atomic E-state index is 0. The highest BCUT2D eigenvalue weighted by atomic mass is 35.5. The molecular formula is C4H8Cl2N2O. The lowest BCUT2D eigenvalue weighted by atomic mass is 10.3. The monoisotopic (exact) mass is 170 g/mol. The van der Waals surface area contributed by atoms with Gasteiger partial charge >= 0.3 is 0 Å². The van der Waals surface area contributed by atoms with Crippen molar-refractivity contribution >= 4 is 36.9 Å². The average molecular weight is 171 g/mol. The Labute approximate surface area is 65.7 Å². The van der Waals surface area contributed by atoms with Crippen molar-refractivity contribution in [2.45, 2.75) is 12.8 Å². The van der Waals surface area contributed by atoms with E-state index in [1.807, 2.05) is 0 Å². The van der Waals surface area contributed by atoms with Crippen LogP contribution >= 0.6 is 24.8 Å². The zero-order valence-corrected chi connectivity index (χ0v) is 6.30. The van der Waals surface area contributed by atoms with Crippen molar-refractivity contribution in [3.63, 3.8) is 0 Å². The lowest BCUT2D eigenvalue weighted by Gasteiger charge is -1.99. The number of halogens is 2. The van der Waals surface area contributed by atoms with Crippen LogP contribution in [-0.4, -0.2) is 12.1 Å². The highest BCUT2D eigenvalue weighted by molar-refractivity contribution is 5.85. The van der Waals surface area contributed by atoms with Gasteiger partial charge in [-0.05, 0) is 6.42 Å². The van der Waals surface area contributed by atoms with E-state index in [0.29, 0.717) is 6.42 Å². The van der Waals surface area contributed by atoms with E-state index < -0.39 is 0 Å². The van der Waals surface area contributed by atoms with Gasteiger partial charge in [-0.15, -0.1) is 24.8 Å². The third-order valence-corrected chi connectivity index (χ3v) is 0.781. The molecule has 0 saturated carbocycles. The SMILES string of the molecule is Cl.Cl.O=C1CCC=NN1. The van der Waals surface area contributed by atoms with Crippen LogP contribution in [0.4, 0.5) is 0 Å². The minimum Gasteiger partial charge on any atom is -0.273 e. The van der Waals surface area contributed by atoms with Crippen LogP contribution in [0.5, 0.6) is 0 Å². The number of hydrogen-bond acceptors (Lipinski definition) is 2. The van der Waals surface area contributed by atoms with E-state index in [1.165, 1.54) is 0 Å². The molecule has 0 atom stereocenters. The van der Waals surface area contributed by atoms with Crippen molar-refractivity contribution in [1.29, 1.82) is 0 Å². The molecule has 0 aromatic heterocycles. The standard InChI is InChI=1S/C4H6N2O.2ClH/c7-4-2-1-3-5-6-4;;/h3H,1-2H2,(H,6,7);2*1H. The van der Waals surface area contributed by atoms with Gasteiger partial charge in [0.15, 0.2) is 0 Å². The Morgan fingerprint density at radius 2 is 2.22 bits per heavy atom. The smallest absolute Gasteiger partial charge is 0.240 e. The molecule has 1 heterocycles. The Morgan fingerprint density at radius 3 is 2.44 bits per heavy atom. The molecule has 1 aliphatic heterocycles. The first-order chi connectivity index (χ1) is 3.39. The fourth-order valence-corrected chi connectivity index (χ4v) is 0.434. The van der Waals surface area contributed by atoms with Crippen LogP contribution in [0.15, 0.2) is 5.10 Å². The third kappa shape index (κ3) is 4.24. The van der Waals surface area contributed by atoms with E-state index in [9.17, 15) is 4.79 Å². The van der Waals surface area contributed by atoms with Crippen molar-refractivity contribution in [2.75, 3.05) is 0 Å². The first-order valence-corrected chi connectivity index (χ1v) is 2.20. The summed E-state index contributed by atoms with van der Waals surface area (Å²) < 4.78 is 0. The van der Waals surface area contributed by atoms with Gasteiger partial charge in [0, 0.05) is 12.6 Å². The number of nitrogens with one attached hydrogen (secondary N) is 1. The predicted molar refractivity (Wildman–Crippen MR) is 40.4 cm³/mol. The van der Waals surface area contributed by atoms with Gasteiger partial charge in [-0.1, -0.05) is 0 Å². The zero-order chi connectivity index (χ0) is 5.11. The first kappa shape index (κ1) is 11.5. The number of carbonyl (C=O) groups is 1. The summed E-state index contributed by atoms with van der Waals surface area (Å²) in [5.41, 5.74) is 2.31. The van der Waals surface area contributed by atoms with Crippen molar-refractivity contribution in [3.05, 3.63) is 0 Å². The summed E-state index contributed by atoms with van der Waals surface area (Å²) in [7, 11) is 0. The summed E-state index contributed by atoms with van der Waals surface area (Å²) in [5, 5.41) is 3.53. The molecule has 0 radical (unpaired) electrons. The summed E-state index contributed by atoms with van der Waals surface area (Å²) >= 11 is 0. The highest BCUT2D eigenvalue weighted by Crippen LogP contribution is 1.88. The number of amides is 1. The van der Waals surface area contributed by atoms with Crippen LogP contribution < -0.4 is 5.43 Å². The van der Waals surface area contributed by atoms with Crippen LogP contribution in [0, 0.1) is 0 Å². The van der Waals surface area contributed by atoms with Crippen molar-refractivity contribution < 1.29 is 4.79 Å². The van der Waals surface area contributed by atoms with Crippen LogP contribution in [0.25, 0.3) is 0 Å². The van der Waals surface area contributed by atoms with Gasteiger partial charge in [0.05, 0.1) is 0 Å². The Bertz CT molecular complexity index is 115. The fraction of sp³-hybridized carbons (Fsp3) is 0.500. The lowest BCUT2D eigenvalue weighted by Crippen LogP contribution is -2.20. The van der Waals surface area contributed by atoms with E-state index in [2.05, 4.69) is 10.5 Å². The van der Waals surface area contributed by atoms with Crippen LogP contribution in [-0.2, 0) is 4.79 Å². The van der Waals surface area contributed by atoms with Crippen LogP contribution in [0.2, 0.25) is 0 Å². The molecule has 0 aromatic rings. The highest BCUT2D eigenvalue weighted by Gasteiger charge is 1.99. The van der Waals surface area contributed by atoms with Crippen LogP contribution in [0.3, 0.4) is 0 Å². The van der Waals surface area contributed by atoms with Gasteiger partial charge in [0.25, 0.3) is 0 Å². The number of hydrogen-bond donors (Lipinski definition) is 1. The summed E-state index contributed by atoms with van der Waals surface area (Å²) in [4.78, 5) is 10.2. The third-order valence-electron chi connectivity index (χ3n) is 0.781. The molecule has 0 unspecified atom stereocenters. The molecule has 1 amide bonds. The quantitative estimate of drug-likeness (QED) is 0.573. The van der Waals surface area contributed by atoms with Crippen molar-refractivity contribution in [2.24, 2.45) is 5.10 Å². The number of rotatable bonds is 0. The van der Waals surface area contributed by atoms with Crippen molar-refractivity contribution in [3.8, 4) is 0 Å². The van der Waals surface area contributed by atoms with Gasteiger partial charge in [0.2, 0.25) is 5.91 Å². The molecule has 0 spiro atoms. The molecular weight excluding hydrogens is 163 g/mol. The molecule has 5 heteroatoms. The van der Waals surface area contributed by atoms with Gasteiger partial charge in [0.1, 0.15) is 0 Å². The van der Waals surface area contributed by atoms with E-state index in [0.717, 1.165) is 6.42 Å². The summed E-state index contributed by atoms with van der Waals surface area (Å²) in [6, 6.07) is 0. The minimum absolute atomic E-state index is 0. The van der Waals surface area contributed by atoms with Gasteiger partial charge in [-0.2, -0.15) is 5.10 Å². The maximum Gasteiger partial charge on any atom is 0.240 e. The summed E-state index contributed by atoms with van der Waals surface area (Å²) in [6.07, 6.45) is 3.07. The van der Waals surface area contributed by atoms with E-state index in [1.54, 1.807) is 6.21 Å². The topological polar surface area (TPSA) is 41.5 Å². The zero-order valence-electron chi connectivity index (χ0n) is 4.66. The maximum absolute atomic E-state index is 10.2. The second-order valence-corrected chi connectivity index (χ2v) is 1.39. The second kappa shape index (κ2) is 5.85. The molecule has 54 valence electrons. The molecule has 9 heavy (non-hydrogen) atoms. The molecule has 0 aromatic carbocycles. The average Bonchev–Trinajstić information content (AvgIpc) is 1.69. The largest absolute Gasteiger partial charge is 0.273 e. The Balaban J connectivity index is 0. The van der Waals surface area contributed by atoms with Crippen molar-refractivity contribution in [1.82, 2.24) is 5.43 Å². The molecule has 0 saturated heterocycles. The molecule has 1 aliphatic rings. The van der Waals surface area contributed by atoms with Crippen LogP contribution in [0.1, 0.15) is 12.8 Å². The number of carbonyl (C=O) groups excluding carboxylic acids is 1. The maximum atomic E-state index is 10.2. The first-order valence-electron chi connectivity index (χ1n) is 2.20. The Kier molecular flexibility index (Phi) is 7.48.